The lowest BCUT2D eigenvalue weighted by Crippen LogP contribution is -2.36. The Bertz CT molecular complexity index is 950. The molecule has 0 saturated carbocycles. The number of aromatic nitrogens is 4. The Balaban J connectivity index is 1.59. The van der Waals surface area contributed by atoms with Crippen LogP contribution in [0.5, 0.6) is 0 Å². The van der Waals surface area contributed by atoms with Crippen LogP contribution in [-0.2, 0) is 19.4 Å². The van der Waals surface area contributed by atoms with E-state index in [0.29, 0.717) is 24.0 Å². The number of carbonyl (C=O) groups is 1. The number of hydrogen-bond donors (Lipinski definition) is 1. The van der Waals surface area contributed by atoms with Crippen molar-refractivity contribution < 1.29 is 4.79 Å². The van der Waals surface area contributed by atoms with E-state index < -0.39 is 0 Å². The van der Waals surface area contributed by atoms with Crippen molar-refractivity contribution in [2.75, 3.05) is 11.9 Å². The van der Waals surface area contributed by atoms with Crippen LogP contribution in [0.25, 0.3) is 0 Å². The van der Waals surface area contributed by atoms with E-state index in [9.17, 15) is 4.79 Å². The molecule has 3 aromatic rings. The molecular weight excluding hydrogens is 368 g/mol. The molecule has 0 atom stereocenters. The number of fused-ring (bicyclic) bond motifs is 1. The molecule has 1 aliphatic rings. The molecule has 1 amide bonds. The zero-order valence-electron chi connectivity index (χ0n) is 14.5. The SMILES string of the molecule is CCc1nsc(Nc2ncnc3c2CN(C(=O)c2sccc2C)CC3)n1. The van der Waals surface area contributed by atoms with Gasteiger partial charge in [0.15, 0.2) is 0 Å². The highest BCUT2D eigenvalue weighted by molar-refractivity contribution is 7.12. The second kappa shape index (κ2) is 7.08. The second-order valence-corrected chi connectivity index (χ2v) is 7.72. The van der Waals surface area contributed by atoms with E-state index in [1.165, 1.54) is 22.9 Å². The molecule has 0 unspecified atom stereocenters. The van der Waals surface area contributed by atoms with Crippen molar-refractivity contribution in [2.45, 2.75) is 33.2 Å². The predicted octanol–water partition coefficient (Wildman–Crippen LogP) is 3.20. The van der Waals surface area contributed by atoms with E-state index in [2.05, 4.69) is 24.6 Å². The van der Waals surface area contributed by atoms with Crippen molar-refractivity contribution in [2.24, 2.45) is 0 Å². The van der Waals surface area contributed by atoms with Gasteiger partial charge in [-0.05, 0) is 23.9 Å². The first-order valence-electron chi connectivity index (χ1n) is 8.41. The van der Waals surface area contributed by atoms with Gasteiger partial charge in [0, 0.05) is 36.5 Å². The van der Waals surface area contributed by atoms with Gasteiger partial charge in [0.2, 0.25) is 5.13 Å². The molecule has 0 aliphatic carbocycles. The fourth-order valence-corrected chi connectivity index (χ4v) is 4.45. The molecule has 134 valence electrons. The lowest BCUT2D eigenvalue weighted by molar-refractivity contribution is 0.0738. The van der Waals surface area contributed by atoms with Crippen molar-refractivity contribution in [3.63, 3.8) is 0 Å². The van der Waals surface area contributed by atoms with Gasteiger partial charge in [-0.3, -0.25) is 4.79 Å². The Morgan fingerprint density at radius 1 is 1.38 bits per heavy atom. The fourth-order valence-electron chi connectivity index (χ4n) is 2.91. The summed E-state index contributed by atoms with van der Waals surface area (Å²) in [6.45, 7) is 5.15. The number of rotatable bonds is 4. The molecule has 3 aromatic heterocycles. The highest BCUT2D eigenvalue weighted by atomic mass is 32.1. The molecule has 26 heavy (non-hydrogen) atoms. The van der Waals surface area contributed by atoms with Crippen molar-refractivity contribution >= 4 is 39.7 Å². The number of nitrogens with zero attached hydrogens (tertiary/aromatic N) is 5. The van der Waals surface area contributed by atoms with Crippen LogP contribution in [0.3, 0.4) is 0 Å². The predicted molar refractivity (Wildman–Crippen MR) is 102 cm³/mol. The van der Waals surface area contributed by atoms with E-state index >= 15 is 0 Å². The van der Waals surface area contributed by atoms with E-state index in [1.807, 2.05) is 30.2 Å². The first kappa shape index (κ1) is 17.0. The van der Waals surface area contributed by atoms with Gasteiger partial charge in [0.1, 0.15) is 18.0 Å². The van der Waals surface area contributed by atoms with E-state index in [0.717, 1.165) is 40.4 Å². The number of hydrogen-bond acceptors (Lipinski definition) is 8. The van der Waals surface area contributed by atoms with Crippen molar-refractivity contribution in [1.29, 1.82) is 0 Å². The van der Waals surface area contributed by atoms with Crippen molar-refractivity contribution in [3.05, 3.63) is 45.3 Å². The summed E-state index contributed by atoms with van der Waals surface area (Å²) < 4.78 is 4.29. The number of carbonyl (C=O) groups excluding carboxylic acids is 1. The molecule has 4 heterocycles. The van der Waals surface area contributed by atoms with Crippen LogP contribution in [0.15, 0.2) is 17.8 Å². The third-order valence-electron chi connectivity index (χ3n) is 4.36. The zero-order chi connectivity index (χ0) is 18.1. The highest BCUT2D eigenvalue weighted by Gasteiger charge is 2.26. The smallest absolute Gasteiger partial charge is 0.264 e. The Morgan fingerprint density at radius 2 is 2.27 bits per heavy atom. The van der Waals surface area contributed by atoms with Crippen LogP contribution >= 0.6 is 22.9 Å². The number of thiophene rings is 1. The number of nitrogens with one attached hydrogen (secondary N) is 1. The van der Waals surface area contributed by atoms with Crippen molar-refractivity contribution in [3.8, 4) is 0 Å². The number of aryl methyl sites for hydroxylation is 2. The standard InChI is InChI=1S/C17H18N6OS2/c1-3-13-20-17(26-22-13)21-15-11-8-23(6-4-12(11)18-9-19-15)16(24)14-10(2)5-7-25-14/h5,7,9H,3-4,6,8H2,1-2H3,(H,18,19,20,21,22). The number of anilines is 2. The molecule has 1 N–H and O–H groups in total. The molecule has 9 heteroatoms. The minimum absolute atomic E-state index is 0.0714. The van der Waals surface area contributed by atoms with Crippen LogP contribution in [0.4, 0.5) is 10.9 Å². The lowest BCUT2D eigenvalue weighted by Gasteiger charge is -2.29. The summed E-state index contributed by atoms with van der Waals surface area (Å²) in [6, 6.07) is 1.98. The lowest BCUT2D eigenvalue weighted by atomic mass is 10.1. The van der Waals surface area contributed by atoms with Gasteiger partial charge < -0.3 is 10.2 Å². The zero-order valence-corrected chi connectivity index (χ0v) is 16.2. The normalized spacial score (nSPS) is 13.5. The average Bonchev–Trinajstić information content (AvgIpc) is 3.29. The van der Waals surface area contributed by atoms with Crippen LogP contribution in [0, 0.1) is 6.92 Å². The Labute approximate surface area is 159 Å². The van der Waals surface area contributed by atoms with Gasteiger partial charge in [-0.15, -0.1) is 11.3 Å². The molecule has 0 aromatic carbocycles. The first-order valence-corrected chi connectivity index (χ1v) is 10.1. The molecule has 0 saturated heterocycles. The maximum absolute atomic E-state index is 12.9. The van der Waals surface area contributed by atoms with E-state index in [-0.39, 0.29) is 5.91 Å². The van der Waals surface area contributed by atoms with Gasteiger partial charge in [-0.2, -0.15) is 4.37 Å². The molecule has 0 fully saturated rings. The Kier molecular flexibility index (Phi) is 4.64. The van der Waals surface area contributed by atoms with Crippen LogP contribution in [-0.4, -0.2) is 36.7 Å². The number of amides is 1. The van der Waals surface area contributed by atoms with Gasteiger partial charge in [0.05, 0.1) is 17.1 Å². The summed E-state index contributed by atoms with van der Waals surface area (Å²) >= 11 is 2.81. The van der Waals surface area contributed by atoms with Crippen LogP contribution in [0.2, 0.25) is 0 Å². The summed E-state index contributed by atoms with van der Waals surface area (Å²) in [5.41, 5.74) is 2.96. The maximum atomic E-state index is 12.9. The van der Waals surface area contributed by atoms with Crippen LogP contribution in [0.1, 0.15) is 39.2 Å². The summed E-state index contributed by atoms with van der Waals surface area (Å²) in [5, 5.41) is 5.92. The third-order valence-corrected chi connectivity index (χ3v) is 6.03. The van der Waals surface area contributed by atoms with Crippen molar-refractivity contribution in [1.82, 2.24) is 24.2 Å². The fraction of sp³-hybridized carbons (Fsp3) is 0.353. The monoisotopic (exact) mass is 386 g/mol. The Morgan fingerprint density at radius 3 is 3.00 bits per heavy atom. The van der Waals surface area contributed by atoms with Crippen LogP contribution < -0.4 is 5.32 Å². The molecule has 4 rings (SSSR count). The van der Waals surface area contributed by atoms with E-state index in [4.69, 9.17) is 0 Å². The average molecular weight is 387 g/mol. The topological polar surface area (TPSA) is 83.9 Å². The highest BCUT2D eigenvalue weighted by Crippen LogP contribution is 2.28. The molecule has 0 bridgehead atoms. The summed E-state index contributed by atoms with van der Waals surface area (Å²) in [7, 11) is 0. The van der Waals surface area contributed by atoms with Gasteiger partial charge in [0.25, 0.3) is 5.91 Å². The summed E-state index contributed by atoms with van der Waals surface area (Å²) in [6.07, 6.45) is 3.07. The minimum atomic E-state index is 0.0714. The largest absolute Gasteiger partial charge is 0.333 e. The minimum Gasteiger partial charge on any atom is -0.333 e. The maximum Gasteiger partial charge on any atom is 0.264 e. The summed E-state index contributed by atoms with van der Waals surface area (Å²) in [4.78, 5) is 28.7. The quantitative estimate of drug-likeness (QED) is 0.741. The molecule has 0 spiro atoms. The molecule has 1 aliphatic heterocycles. The van der Waals surface area contributed by atoms with Gasteiger partial charge >= 0.3 is 0 Å². The third kappa shape index (κ3) is 3.19. The second-order valence-electron chi connectivity index (χ2n) is 6.05. The van der Waals surface area contributed by atoms with E-state index in [1.54, 1.807) is 6.33 Å². The van der Waals surface area contributed by atoms with Gasteiger partial charge in [-0.1, -0.05) is 6.92 Å². The first-order chi connectivity index (χ1) is 12.7. The molecule has 7 nitrogen and oxygen atoms in total. The Hall–Kier alpha value is -2.39. The van der Waals surface area contributed by atoms with Gasteiger partial charge in [-0.25, -0.2) is 15.0 Å². The summed E-state index contributed by atoms with van der Waals surface area (Å²) in [5.74, 6) is 1.58. The molecular formula is C17H18N6OS2. The molecule has 0 radical (unpaired) electrons.